The van der Waals surface area contributed by atoms with Crippen LogP contribution < -0.4 is 10.6 Å². The van der Waals surface area contributed by atoms with Gasteiger partial charge in [0.1, 0.15) is 0 Å². The van der Waals surface area contributed by atoms with Crippen LogP contribution in [0.1, 0.15) is 11.1 Å². The Morgan fingerprint density at radius 3 is 2.47 bits per heavy atom. The summed E-state index contributed by atoms with van der Waals surface area (Å²) < 4.78 is 0. The van der Waals surface area contributed by atoms with Gasteiger partial charge in [-0.25, -0.2) is 0 Å². The van der Waals surface area contributed by atoms with Crippen molar-refractivity contribution in [3.63, 3.8) is 0 Å². The number of nitrogens with two attached hydrogens (primary N) is 1. The molecule has 0 radical (unpaired) electrons. The molecule has 0 saturated heterocycles. The summed E-state index contributed by atoms with van der Waals surface area (Å²) in [4.78, 5) is 2.18. The molecular weight excluding hydrogens is 256 g/mol. The molecule has 0 aliphatic carbocycles. The standard InChI is InChI=1S/C16H19ClN2/c1-19(12-13-6-3-2-4-7-13)16-14(10-11-18)8-5-9-15(16)17/h2-9H,10-12,18H2,1H3. The predicted molar refractivity (Wildman–Crippen MR) is 82.8 cm³/mol. The quantitative estimate of drug-likeness (QED) is 0.904. The van der Waals surface area contributed by atoms with Crippen LogP contribution in [0.3, 0.4) is 0 Å². The maximum atomic E-state index is 6.34. The summed E-state index contributed by atoms with van der Waals surface area (Å²) in [6.45, 7) is 1.47. The zero-order valence-electron chi connectivity index (χ0n) is 11.1. The minimum Gasteiger partial charge on any atom is -0.369 e. The summed E-state index contributed by atoms with van der Waals surface area (Å²) in [5.74, 6) is 0. The van der Waals surface area contributed by atoms with E-state index in [0.29, 0.717) is 6.54 Å². The first kappa shape index (κ1) is 13.9. The highest BCUT2D eigenvalue weighted by molar-refractivity contribution is 6.33. The van der Waals surface area contributed by atoms with Crippen LogP contribution in [0.25, 0.3) is 0 Å². The first-order chi connectivity index (χ1) is 9.22. The second kappa shape index (κ2) is 6.60. The van der Waals surface area contributed by atoms with E-state index in [1.807, 2.05) is 18.2 Å². The lowest BCUT2D eigenvalue weighted by Crippen LogP contribution is -2.19. The number of anilines is 1. The fraction of sp³-hybridized carbons (Fsp3) is 0.250. The van der Waals surface area contributed by atoms with Gasteiger partial charge in [-0.2, -0.15) is 0 Å². The van der Waals surface area contributed by atoms with Gasteiger partial charge in [-0.05, 0) is 30.2 Å². The Kier molecular flexibility index (Phi) is 4.83. The van der Waals surface area contributed by atoms with Crippen molar-refractivity contribution in [1.29, 1.82) is 0 Å². The van der Waals surface area contributed by atoms with Gasteiger partial charge < -0.3 is 10.6 Å². The predicted octanol–water partition coefficient (Wildman–Crippen LogP) is 3.48. The largest absolute Gasteiger partial charge is 0.369 e. The van der Waals surface area contributed by atoms with E-state index in [-0.39, 0.29) is 0 Å². The van der Waals surface area contributed by atoms with Crippen LogP contribution in [0.4, 0.5) is 5.69 Å². The number of hydrogen-bond donors (Lipinski definition) is 1. The summed E-state index contributed by atoms with van der Waals surface area (Å²) in [5.41, 5.74) is 9.22. The average Bonchev–Trinajstić information content (AvgIpc) is 2.40. The van der Waals surface area contributed by atoms with E-state index < -0.39 is 0 Å². The molecule has 0 spiro atoms. The van der Waals surface area contributed by atoms with Crippen molar-refractivity contribution < 1.29 is 0 Å². The second-order valence-electron chi connectivity index (χ2n) is 4.63. The van der Waals surface area contributed by atoms with Crippen molar-refractivity contribution >= 4 is 17.3 Å². The molecule has 0 bridgehead atoms. The highest BCUT2D eigenvalue weighted by Crippen LogP contribution is 2.30. The van der Waals surface area contributed by atoms with Gasteiger partial charge in [0.15, 0.2) is 0 Å². The molecule has 2 rings (SSSR count). The van der Waals surface area contributed by atoms with Gasteiger partial charge in [-0.15, -0.1) is 0 Å². The highest BCUT2D eigenvalue weighted by atomic mass is 35.5. The Morgan fingerprint density at radius 2 is 1.79 bits per heavy atom. The summed E-state index contributed by atoms with van der Waals surface area (Å²) in [5, 5.41) is 0.782. The van der Waals surface area contributed by atoms with Crippen LogP contribution in [0.5, 0.6) is 0 Å². The normalized spacial score (nSPS) is 10.5. The highest BCUT2D eigenvalue weighted by Gasteiger charge is 2.11. The molecule has 0 fully saturated rings. The van der Waals surface area contributed by atoms with Crippen LogP contribution >= 0.6 is 11.6 Å². The summed E-state index contributed by atoms with van der Waals surface area (Å²) in [6.07, 6.45) is 0.842. The fourth-order valence-corrected chi connectivity index (χ4v) is 2.62. The molecule has 0 amide bonds. The van der Waals surface area contributed by atoms with Crippen molar-refractivity contribution in [3.8, 4) is 0 Å². The molecule has 0 heterocycles. The van der Waals surface area contributed by atoms with E-state index in [1.54, 1.807) is 0 Å². The smallest absolute Gasteiger partial charge is 0.0642 e. The number of halogens is 1. The Morgan fingerprint density at radius 1 is 1.05 bits per heavy atom. The third-order valence-corrected chi connectivity index (χ3v) is 3.43. The molecule has 2 aromatic carbocycles. The van der Waals surface area contributed by atoms with Crippen LogP contribution in [-0.2, 0) is 13.0 Å². The molecule has 3 heteroatoms. The molecule has 0 aliphatic rings. The van der Waals surface area contributed by atoms with E-state index in [4.69, 9.17) is 17.3 Å². The molecule has 0 atom stereocenters. The minimum atomic E-state index is 0.631. The SMILES string of the molecule is CN(Cc1ccccc1)c1c(Cl)cccc1CCN. The first-order valence-electron chi connectivity index (χ1n) is 6.45. The van der Waals surface area contributed by atoms with E-state index in [0.717, 1.165) is 23.7 Å². The minimum absolute atomic E-state index is 0.631. The lowest BCUT2D eigenvalue weighted by Gasteiger charge is -2.24. The number of benzene rings is 2. The second-order valence-corrected chi connectivity index (χ2v) is 5.04. The van der Waals surface area contributed by atoms with Gasteiger partial charge in [-0.3, -0.25) is 0 Å². The monoisotopic (exact) mass is 274 g/mol. The van der Waals surface area contributed by atoms with Crippen molar-refractivity contribution in [2.24, 2.45) is 5.73 Å². The van der Waals surface area contributed by atoms with Gasteiger partial charge in [0.25, 0.3) is 0 Å². The number of nitrogens with zero attached hydrogens (tertiary/aromatic N) is 1. The third-order valence-electron chi connectivity index (χ3n) is 3.13. The Balaban J connectivity index is 2.25. The van der Waals surface area contributed by atoms with E-state index in [2.05, 4.69) is 42.3 Å². The maximum Gasteiger partial charge on any atom is 0.0642 e. The molecule has 2 N–H and O–H groups in total. The molecular formula is C16H19ClN2. The third kappa shape index (κ3) is 3.49. The zero-order valence-corrected chi connectivity index (χ0v) is 11.9. The molecule has 2 nitrogen and oxygen atoms in total. The molecule has 0 unspecified atom stereocenters. The molecule has 19 heavy (non-hydrogen) atoms. The maximum absolute atomic E-state index is 6.34. The molecule has 0 aliphatic heterocycles. The van der Waals surface area contributed by atoms with E-state index in [1.165, 1.54) is 11.1 Å². The van der Waals surface area contributed by atoms with Gasteiger partial charge in [-0.1, -0.05) is 54.1 Å². The number of rotatable bonds is 5. The fourth-order valence-electron chi connectivity index (χ4n) is 2.28. The average molecular weight is 275 g/mol. The Labute approximate surface area is 119 Å². The molecule has 2 aromatic rings. The van der Waals surface area contributed by atoms with Crippen LogP contribution in [0.2, 0.25) is 5.02 Å². The topological polar surface area (TPSA) is 29.3 Å². The van der Waals surface area contributed by atoms with Gasteiger partial charge in [0, 0.05) is 13.6 Å². The van der Waals surface area contributed by atoms with Gasteiger partial charge in [0.2, 0.25) is 0 Å². The van der Waals surface area contributed by atoms with Gasteiger partial charge >= 0.3 is 0 Å². The van der Waals surface area contributed by atoms with Crippen LogP contribution in [0.15, 0.2) is 48.5 Å². The Bertz CT molecular complexity index is 526. The summed E-state index contributed by atoms with van der Waals surface area (Å²) >= 11 is 6.34. The molecule has 100 valence electrons. The van der Waals surface area contributed by atoms with Crippen LogP contribution in [0, 0.1) is 0 Å². The Hall–Kier alpha value is -1.51. The summed E-state index contributed by atoms with van der Waals surface area (Å²) in [7, 11) is 2.06. The van der Waals surface area contributed by atoms with Crippen molar-refractivity contribution in [1.82, 2.24) is 0 Å². The zero-order chi connectivity index (χ0) is 13.7. The van der Waals surface area contributed by atoms with Gasteiger partial charge in [0.05, 0.1) is 10.7 Å². The number of hydrogen-bond acceptors (Lipinski definition) is 2. The number of para-hydroxylation sites is 1. The van der Waals surface area contributed by atoms with Crippen molar-refractivity contribution in [3.05, 3.63) is 64.7 Å². The van der Waals surface area contributed by atoms with Crippen LogP contribution in [-0.4, -0.2) is 13.6 Å². The molecule has 0 saturated carbocycles. The van der Waals surface area contributed by atoms with E-state index in [9.17, 15) is 0 Å². The van der Waals surface area contributed by atoms with Crippen molar-refractivity contribution in [2.45, 2.75) is 13.0 Å². The lowest BCUT2D eigenvalue weighted by molar-refractivity contribution is 0.893. The first-order valence-corrected chi connectivity index (χ1v) is 6.82. The summed E-state index contributed by atoms with van der Waals surface area (Å²) in [6, 6.07) is 16.4. The molecule has 0 aromatic heterocycles. The lowest BCUT2D eigenvalue weighted by atomic mass is 10.1. The van der Waals surface area contributed by atoms with Crippen molar-refractivity contribution in [2.75, 3.05) is 18.5 Å². The van der Waals surface area contributed by atoms with E-state index >= 15 is 0 Å².